The lowest BCUT2D eigenvalue weighted by molar-refractivity contribution is -0.0257. The van der Waals surface area contributed by atoms with Crippen LogP contribution in [0.2, 0.25) is 5.02 Å². The van der Waals surface area contributed by atoms with Crippen LogP contribution in [-0.2, 0) is 14.8 Å². The zero-order valence-electron chi connectivity index (χ0n) is 17.8. The van der Waals surface area contributed by atoms with Gasteiger partial charge in [0.2, 0.25) is 15.9 Å². The summed E-state index contributed by atoms with van der Waals surface area (Å²) in [6, 6.07) is 13.9. The fraction of sp³-hybridized carbons (Fsp3) is 0.227. The molecule has 2 aromatic carbocycles. The minimum Gasteiger partial charge on any atom is -0.474 e. The second kappa shape index (κ2) is 8.84. The Labute approximate surface area is 199 Å². The average Bonchev–Trinajstić information content (AvgIpc) is 3.23. The number of aromatic amines is 1. The number of carbonyl (C=O) groups excluding carboxylic acids is 1. The van der Waals surface area contributed by atoms with Crippen LogP contribution < -0.4 is 10.5 Å². The van der Waals surface area contributed by atoms with Crippen LogP contribution in [0.15, 0.2) is 53.4 Å². The number of amides is 1. The number of sulfonamides is 1. The van der Waals surface area contributed by atoms with Gasteiger partial charge in [-0.1, -0.05) is 29.8 Å². The van der Waals surface area contributed by atoms with Gasteiger partial charge in [0, 0.05) is 40.5 Å². The van der Waals surface area contributed by atoms with Crippen molar-refractivity contribution < 1.29 is 22.7 Å². The highest BCUT2D eigenvalue weighted by molar-refractivity contribution is 7.89. The van der Waals surface area contributed by atoms with E-state index < -0.39 is 22.0 Å². The predicted molar refractivity (Wildman–Crippen MR) is 125 cm³/mol. The quantitative estimate of drug-likeness (QED) is 0.413. The Balaban J connectivity index is 1.38. The second-order valence-corrected chi connectivity index (χ2v) is 10.1. The highest BCUT2D eigenvalue weighted by atomic mass is 35.5. The number of aromatic nitrogens is 3. The second-order valence-electron chi connectivity index (χ2n) is 7.79. The Morgan fingerprint density at radius 2 is 2.06 bits per heavy atom. The van der Waals surface area contributed by atoms with Crippen LogP contribution in [0.25, 0.3) is 21.8 Å². The molecule has 1 fully saturated rings. The molecule has 4 aromatic rings. The van der Waals surface area contributed by atoms with Gasteiger partial charge in [-0.3, -0.25) is 4.79 Å². The third-order valence-corrected chi connectivity index (χ3v) is 7.73. The van der Waals surface area contributed by atoms with Crippen molar-refractivity contribution in [1.29, 1.82) is 0 Å². The van der Waals surface area contributed by atoms with E-state index in [1.54, 1.807) is 18.2 Å². The maximum atomic E-state index is 13.6. The van der Waals surface area contributed by atoms with Gasteiger partial charge in [0.15, 0.2) is 0 Å². The number of nitrogens with zero attached hydrogens (tertiary/aromatic N) is 3. The third-order valence-electron chi connectivity index (χ3n) is 5.55. The van der Waals surface area contributed by atoms with E-state index in [1.165, 1.54) is 10.4 Å². The maximum absolute atomic E-state index is 13.6. The summed E-state index contributed by atoms with van der Waals surface area (Å²) in [6.07, 6.45) is -0.553. The summed E-state index contributed by atoms with van der Waals surface area (Å²) in [4.78, 5) is 14.6. The Bertz CT molecular complexity index is 1510. The molecule has 1 saturated heterocycles. The van der Waals surface area contributed by atoms with Gasteiger partial charge in [-0.15, -0.1) is 10.2 Å². The number of benzene rings is 2. The van der Waals surface area contributed by atoms with Crippen molar-refractivity contribution >= 4 is 49.3 Å². The van der Waals surface area contributed by atoms with Crippen molar-refractivity contribution in [2.45, 2.75) is 11.0 Å². The van der Waals surface area contributed by atoms with E-state index >= 15 is 0 Å². The van der Waals surface area contributed by atoms with Crippen LogP contribution >= 0.6 is 11.6 Å². The Hall–Kier alpha value is -3.25. The molecule has 0 spiro atoms. The number of nitrogens with one attached hydrogen (secondary N) is 1. The van der Waals surface area contributed by atoms with Crippen LogP contribution in [0.4, 0.5) is 0 Å². The van der Waals surface area contributed by atoms with Gasteiger partial charge in [-0.25, -0.2) is 8.42 Å². The molecule has 1 atom stereocenters. The van der Waals surface area contributed by atoms with Crippen molar-refractivity contribution in [3.8, 4) is 5.88 Å². The smallest absolute Gasteiger partial charge is 0.266 e. The molecule has 34 heavy (non-hydrogen) atoms. The summed E-state index contributed by atoms with van der Waals surface area (Å²) >= 11 is 6.09. The molecular weight excluding hydrogens is 482 g/mol. The summed E-state index contributed by atoms with van der Waals surface area (Å²) in [5, 5.41) is 9.67. The Morgan fingerprint density at radius 1 is 1.24 bits per heavy atom. The molecule has 3 N–H and O–H groups in total. The number of nitrogens with two attached hydrogens (primary N) is 1. The molecule has 2 aromatic heterocycles. The topological polar surface area (TPSA) is 140 Å². The third kappa shape index (κ3) is 4.18. The zero-order valence-corrected chi connectivity index (χ0v) is 19.3. The van der Waals surface area contributed by atoms with Crippen molar-refractivity contribution in [2.75, 3.05) is 26.3 Å². The highest BCUT2D eigenvalue weighted by Gasteiger charge is 2.36. The normalized spacial score (nSPS) is 17.3. The van der Waals surface area contributed by atoms with Crippen molar-refractivity contribution in [2.24, 2.45) is 5.73 Å². The van der Waals surface area contributed by atoms with E-state index in [1.807, 2.05) is 24.3 Å². The van der Waals surface area contributed by atoms with E-state index in [2.05, 4.69) is 15.2 Å². The van der Waals surface area contributed by atoms with Gasteiger partial charge in [0.05, 0.1) is 12.1 Å². The predicted octanol–water partition coefficient (Wildman–Crippen LogP) is 2.33. The molecule has 1 unspecified atom stereocenters. The number of H-pyrrole nitrogens is 1. The van der Waals surface area contributed by atoms with E-state index in [0.717, 1.165) is 10.9 Å². The monoisotopic (exact) mass is 501 g/mol. The van der Waals surface area contributed by atoms with Gasteiger partial charge < -0.3 is 20.2 Å². The number of primary amides is 1. The van der Waals surface area contributed by atoms with Gasteiger partial charge >= 0.3 is 0 Å². The number of fused-ring (bicyclic) bond motifs is 2. The number of ether oxygens (including phenoxy) is 2. The Kier molecular flexibility index (Phi) is 5.86. The first kappa shape index (κ1) is 22.5. The molecule has 3 heterocycles. The number of halogens is 1. The van der Waals surface area contributed by atoms with Crippen molar-refractivity contribution in [3.63, 3.8) is 0 Å². The van der Waals surface area contributed by atoms with Crippen LogP contribution in [0, 0.1) is 0 Å². The van der Waals surface area contributed by atoms with E-state index in [4.69, 9.17) is 26.8 Å². The minimum absolute atomic E-state index is 0.0226. The largest absolute Gasteiger partial charge is 0.474 e. The fourth-order valence-corrected chi connectivity index (χ4v) is 5.90. The van der Waals surface area contributed by atoms with Crippen LogP contribution in [-0.4, -0.2) is 66.2 Å². The first-order chi connectivity index (χ1) is 16.3. The minimum atomic E-state index is -4.10. The number of rotatable bonds is 6. The lowest BCUT2D eigenvalue weighted by Gasteiger charge is -2.32. The van der Waals surface area contributed by atoms with Gasteiger partial charge in [-0.05, 0) is 24.3 Å². The summed E-state index contributed by atoms with van der Waals surface area (Å²) in [7, 11) is -4.10. The highest BCUT2D eigenvalue weighted by Crippen LogP contribution is 2.32. The lowest BCUT2D eigenvalue weighted by Crippen LogP contribution is -2.47. The number of hydrogen-bond acceptors (Lipinski definition) is 7. The molecule has 12 heteroatoms. The summed E-state index contributed by atoms with van der Waals surface area (Å²) < 4.78 is 39.9. The van der Waals surface area contributed by atoms with Crippen LogP contribution in [0.5, 0.6) is 5.88 Å². The molecule has 1 aliphatic rings. The molecule has 5 rings (SSSR count). The molecule has 176 valence electrons. The number of hydrogen-bond donors (Lipinski definition) is 2. The summed E-state index contributed by atoms with van der Waals surface area (Å²) in [5.41, 5.74) is 6.47. The van der Waals surface area contributed by atoms with Gasteiger partial charge in [0.1, 0.15) is 23.3 Å². The zero-order chi connectivity index (χ0) is 23.9. The number of morpholine rings is 1. The van der Waals surface area contributed by atoms with Gasteiger partial charge in [-0.2, -0.15) is 4.31 Å². The van der Waals surface area contributed by atoms with Crippen molar-refractivity contribution in [1.82, 2.24) is 19.5 Å². The SMILES string of the molecule is NC(=O)c1[nH]c2ccc(Cl)cc2c1S(=O)(=O)N1CCOC(COc2cc3ccccc3nn2)C1. The first-order valence-corrected chi connectivity index (χ1v) is 12.2. The van der Waals surface area contributed by atoms with Crippen molar-refractivity contribution in [3.05, 3.63) is 59.2 Å². The summed E-state index contributed by atoms with van der Waals surface area (Å²) in [5.74, 6) is -0.571. The summed E-state index contributed by atoms with van der Waals surface area (Å²) in [6.45, 7) is 0.363. The molecule has 0 bridgehead atoms. The van der Waals surface area contributed by atoms with Gasteiger partial charge in [0.25, 0.3) is 5.91 Å². The molecule has 1 aliphatic heterocycles. The fourth-order valence-electron chi connectivity index (χ4n) is 3.94. The standard InChI is InChI=1S/C22H20ClN5O5S/c23-14-5-6-18-16(10-14)21(20(25-18)22(24)29)34(30,31)28-7-8-32-15(11-28)12-33-19-9-13-3-1-2-4-17(13)26-27-19/h1-6,9-10,15,25H,7-8,11-12H2,(H2,24,29). The van der Waals surface area contributed by atoms with E-state index in [-0.39, 0.29) is 36.9 Å². The molecule has 0 saturated carbocycles. The Morgan fingerprint density at radius 3 is 2.88 bits per heavy atom. The molecule has 10 nitrogen and oxygen atoms in total. The van der Waals surface area contributed by atoms with E-state index in [9.17, 15) is 13.2 Å². The molecule has 0 aliphatic carbocycles. The average molecular weight is 502 g/mol. The first-order valence-electron chi connectivity index (χ1n) is 10.4. The molecule has 1 amide bonds. The maximum Gasteiger partial charge on any atom is 0.266 e. The van der Waals surface area contributed by atoms with E-state index in [0.29, 0.717) is 21.8 Å². The number of carbonyl (C=O) groups is 1. The molecule has 0 radical (unpaired) electrons. The molecular formula is C22H20ClN5O5S. The van der Waals surface area contributed by atoms with Crippen LogP contribution in [0.3, 0.4) is 0 Å². The van der Waals surface area contributed by atoms with Crippen LogP contribution in [0.1, 0.15) is 10.5 Å². The lowest BCUT2D eigenvalue weighted by atomic mass is 10.2.